The first-order valence-electron chi connectivity index (χ1n) is 6.56. The SMILES string of the molecule is CCc1nnc(NCC(C)(C)SC)c(C#N)c1CC. The Balaban J connectivity index is 3.06. The smallest absolute Gasteiger partial charge is 0.166 e. The number of aryl methyl sites for hydroxylation is 1. The number of hydrogen-bond acceptors (Lipinski definition) is 5. The molecule has 0 aliphatic rings. The van der Waals surface area contributed by atoms with Crippen molar-refractivity contribution in [2.45, 2.75) is 45.3 Å². The van der Waals surface area contributed by atoms with E-state index in [4.69, 9.17) is 0 Å². The van der Waals surface area contributed by atoms with Crippen molar-refractivity contribution >= 4 is 17.6 Å². The number of thioether (sulfide) groups is 1. The second-order valence-corrected chi connectivity index (χ2v) is 6.50. The second kappa shape index (κ2) is 6.76. The van der Waals surface area contributed by atoms with Crippen LogP contribution in [0.4, 0.5) is 5.82 Å². The Labute approximate surface area is 120 Å². The molecule has 0 aliphatic heterocycles. The minimum absolute atomic E-state index is 0.101. The Morgan fingerprint density at radius 2 is 1.95 bits per heavy atom. The van der Waals surface area contributed by atoms with Crippen molar-refractivity contribution in [2.24, 2.45) is 0 Å². The van der Waals surface area contributed by atoms with Gasteiger partial charge in [0.05, 0.1) is 5.69 Å². The zero-order chi connectivity index (χ0) is 14.5. The van der Waals surface area contributed by atoms with Crippen LogP contribution in [-0.2, 0) is 12.8 Å². The molecule has 0 spiro atoms. The minimum atomic E-state index is 0.101. The van der Waals surface area contributed by atoms with Gasteiger partial charge in [0.2, 0.25) is 0 Å². The summed E-state index contributed by atoms with van der Waals surface area (Å²) >= 11 is 1.78. The third kappa shape index (κ3) is 3.84. The van der Waals surface area contributed by atoms with E-state index in [0.717, 1.165) is 30.6 Å². The van der Waals surface area contributed by atoms with Crippen LogP contribution in [0, 0.1) is 11.3 Å². The van der Waals surface area contributed by atoms with Gasteiger partial charge in [-0.3, -0.25) is 0 Å². The highest BCUT2D eigenvalue weighted by Crippen LogP contribution is 2.24. The van der Waals surface area contributed by atoms with Gasteiger partial charge in [-0.15, -0.1) is 5.10 Å². The lowest BCUT2D eigenvalue weighted by atomic mass is 10.0. The maximum Gasteiger partial charge on any atom is 0.166 e. The van der Waals surface area contributed by atoms with Gasteiger partial charge in [-0.25, -0.2) is 0 Å². The third-order valence-electron chi connectivity index (χ3n) is 3.19. The summed E-state index contributed by atoms with van der Waals surface area (Å²) in [7, 11) is 0. The number of nitrogens with zero attached hydrogens (tertiary/aromatic N) is 3. The predicted molar refractivity (Wildman–Crippen MR) is 81.6 cm³/mol. The van der Waals surface area contributed by atoms with Crippen molar-refractivity contribution in [3.63, 3.8) is 0 Å². The second-order valence-electron chi connectivity index (χ2n) is 4.99. The molecule has 0 amide bonds. The number of anilines is 1. The largest absolute Gasteiger partial charge is 0.366 e. The van der Waals surface area contributed by atoms with Crippen LogP contribution in [0.15, 0.2) is 0 Å². The normalized spacial score (nSPS) is 11.2. The molecule has 1 aromatic heterocycles. The molecule has 1 aromatic rings. The fourth-order valence-corrected chi connectivity index (χ4v) is 2.00. The van der Waals surface area contributed by atoms with Crippen molar-refractivity contribution in [2.75, 3.05) is 18.1 Å². The van der Waals surface area contributed by atoms with Gasteiger partial charge < -0.3 is 5.32 Å². The van der Waals surface area contributed by atoms with E-state index in [1.165, 1.54) is 0 Å². The van der Waals surface area contributed by atoms with Crippen LogP contribution < -0.4 is 5.32 Å². The number of rotatable bonds is 6. The molecule has 0 atom stereocenters. The summed E-state index contributed by atoms with van der Waals surface area (Å²) in [4.78, 5) is 0. The molecule has 5 heteroatoms. The zero-order valence-electron chi connectivity index (χ0n) is 12.4. The quantitative estimate of drug-likeness (QED) is 0.866. The van der Waals surface area contributed by atoms with E-state index in [1.807, 2.05) is 13.8 Å². The highest BCUT2D eigenvalue weighted by atomic mass is 32.2. The van der Waals surface area contributed by atoms with Crippen LogP contribution in [0.25, 0.3) is 0 Å². The molecule has 19 heavy (non-hydrogen) atoms. The number of nitrogens with one attached hydrogen (secondary N) is 1. The maximum atomic E-state index is 9.37. The monoisotopic (exact) mass is 278 g/mol. The van der Waals surface area contributed by atoms with E-state index in [0.29, 0.717) is 11.4 Å². The Morgan fingerprint density at radius 1 is 1.26 bits per heavy atom. The molecule has 104 valence electrons. The molecule has 0 aromatic carbocycles. The van der Waals surface area contributed by atoms with Gasteiger partial charge in [-0.05, 0) is 38.5 Å². The first-order valence-corrected chi connectivity index (χ1v) is 7.79. The van der Waals surface area contributed by atoms with Gasteiger partial charge in [-0.2, -0.15) is 22.1 Å². The van der Waals surface area contributed by atoms with Crippen LogP contribution in [0.1, 0.15) is 44.5 Å². The van der Waals surface area contributed by atoms with Crippen molar-refractivity contribution < 1.29 is 0 Å². The van der Waals surface area contributed by atoms with Gasteiger partial charge in [0.1, 0.15) is 11.6 Å². The van der Waals surface area contributed by atoms with Gasteiger partial charge in [0, 0.05) is 11.3 Å². The molecule has 0 radical (unpaired) electrons. The topological polar surface area (TPSA) is 61.6 Å². The average molecular weight is 278 g/mol. The van der Waals surface area contributed by atoms with Crippen LogP contribution in [0.5, 0.6) is 0 Å². The van der Waals surface area contributed by atoms with Gasteiger partial charge in [-0.1, -0.05) is 13.8 Å². The standard InChI is InChI=1S/C14H22N4S/c1-6-10-11(8-15)13(18-17-12(10)7-2)16-9-14(3,4)19-5/h6-7,9H2,1-5H3,(H,16,18). The molecule has 0 bridgehead atoms. The molecule has 0 fully saturated rings. The summed E-state index contributed by atoms with van der Waals surface area (Å²) in [5.74, 6) is 0.610. The van der Waals surface area contributed by atoms with E-state index in [2.05, 4.69) is 41.7 Å². The first-order chi connectivity index (χ1) is 8.99. The molecule has 0 saturated heterocycles. The van der Waals surface area contributed by atoms with Crippen LogP contribution in [0.2, 0.25) is 0 Å². The highest BCUT2D eigenvalue weighted by Gasteiger charge is 2.19. The Morgan fingerprint density at radius 3 is 2.42 bits per heavy atom. The van der Waals surface area contributed by atoms with Crippen molar-refractivity contribution in [1.29, 1.82) is 5.26 Å². The van der Waals surface area contributed by atoms with Gasteiger partial charge >= 0.3 is 0 Å². The van der Waals surface area contributed by atoms with Gasteiger partial charge in [0.15, 0.2) is 5.82 Å². The summed E-state index contributed by atoms with van der Waals surface area (Å²) in [5.41, 5.74) is 2.59. The fourth-order valence-electron chi connectivity index (χ4n) is 1.79. The van der Waals surface area contributed by atoms with Crippen LogP contribution in [-0.4, -0.2) is 27.7 Å². The third-order valence-corrected chi connectivity index (χ3v) is 4.44. The van der Waals surface area contributed by atoms with Crippen molar-refractivity contribution in [3.8, 4) is 6.07 Å². The average Bonchev–Trinajstić information content (AvgIpc) is 2.43. The number of aromatic nitrogens is 2. The summed E-state index contributed by atoms with van der Waals surface area (Å²) in [5, 5.41) is 21.0. The number of nitriles is 1. The highest BCUT2D eigenvalue weighted by molar-refractivity contribution is 7.99. The minimum Gasteiger partial charge on any atom is -0.366 e. The van der Waals surface area contributed by atoms with E-state index in [-0.39, 0.29) is 4.75 Å². The van der Waals surface area contributed by atoms with Crippen molar-refractivity contribution in [3.05, 3.63) is 16.8 Å². The summed E-state index contributed by atoms with van der Waals surface area (Å²) in [6.07, 6.45) is 3.69. The molecular formula is C14H22N4S. The fraction of sp³-hybridized carbons (Fsp3) is 0.643. The molecule has 0 unspecified atom stereocenters. The lowest BCUT2D eigenvalue weighted by Crippen LogP contribution is -2.27. The zero-order valence-corrected chi connectivity index (χ0v) is 13.2. The summed E-state index contributed by atoms with van der Waals surface area (Å²) in [6.45, 7) is 9.16. The predicted octanol–water partition coefficient (Wildman–Crippen LogP) is 3.03. The Bertz CT molecular complexity index is 477. The van der Waals surface area contributed by atoms with Gasteiger partial charge in [0.25, 0.3) is 0 Å². The summed E-state index contributed by atoms with van der Waals surface area (Å²) < 4.78 is 0.101. The van der Waals surface area contributed by atoms with E-state index in [9.17, 15) is 5.26 Å². The molecule has 0 saturated carbocycles. The maximum absolute atomic E-state index is 9.37. The van der Waals surface area contributed by atoms with Crippen LogP contribution >= 0.6 is 11.8 Å². The molecule has 1 N–H and O–H groups in total. The Kier molecular flexibility index (Phi) is 5.61. The molecule has 1 heterocycles. The van der Waals surface area contributed by atoms with Crippen LogP contribution in [0.3, 0.4) is 0 Å². The molecular weight excluding hydrogens is 256 g/mol. The van der Waals surface area contributed by atoms with E-state index < -0.39 is 0 Å². The van der Waals surface area contributed by atoms with E-state index in [1.54, 1.807) is 11.8 Å². The Hall–Kier alpha value is -1.28. The lowest BCUT2D eigenvalue weighted by Gasteiger charge is -2.23. The molecule has 4 nitrogen and oxygen atoms in total. The van der Waals surface area contributed by atoms with E-state index >= 15 is 0 Å². The lowest BCUT2D eigenvalue weighted by molar-refractivity contribution is 0.745. The number of hydrogen-bond donors (Lipinski definition) is 1. The summed E-state index contributed by atoms with van der Waals surface area (Å²) in [6, 6.07) is 2.27. The first kappa shape index (κ1) is 15.8. The van der Waals surface area contributed by atoms with Crippen molar-refractivity contribution in [1.82, 2.24) is 10.2 Å². The molecule has 0 aliphatic carbocycles. The molecule has 1 rings (SSSR count).